The molecule has 0 aromatic heterocycles. The molecular weight excluding hydrogens is 282 g/mol. The van der Waals surface area contributed by atoms with Crippen LogP contribution in [0.5, 0.6) is 0 Å². The lowest BCUT2D eigenvalue weighted by Crippen LogP contribution is -2.22. The van der Waals surface area contributed by atoms with Gasteiger partial charge in [0.15, 0.2) is 0 Å². The van der Waals surface area contributed by atoms with Crippen LogP contribution in [0.1, 0.15) is 0 Å². The fraction of sp³-hybridized carbons (Fsp3) is 0.231. The van der Waals surface area contributed by atoms with Crippen LogP contribution in [0.25, 0.3) is 10.8 Å². The maximum absolute atomic E-state index is 9.32. The Hall–Kier alpha value is -1.10. The second-order valence-corrected chi connectivity index (χ2v) is 4.71. The van der Waals surface area contributed by atoms with Gasteiger partial charge in [-0.1, -0.05) is 40.2 Å². The van der Waals surface area contributed by atoms with E-state index in [-0.39, 0.29) is 6.61 Å². The van der Waals surface area contributed by atoms with Crippen molar-refractivity contribution in [3.05, 3.63) is 40.9 Å². The lowest BCUT2D eigenvalue weighted by atomic mass is 10.1. The molecule has 0 aliphatic carbocycles. The molecule has 1 unspecified atom stereocenters. The number of hydrogen-bond acceptors (Lipinski definition) is 3. The molecular formula is C13H14BrNO2. The van der Waals surface area contributed by atoms with Crippen molar-refractivity contribution in [2.24, 2.45) is 0 Å². The first-order valence-electron chi connectivity index (χ1n) is 5.42. The fourth-order valence-electron chi connectivity index (χ4n) is 1.71. The molecule has 17 heavy (non-hydrogen) atoms. The summed E-state index contributed by atoms with van der Waals surface area (Å²) >= 11 is 3.51. The van der Waals surface area contributed by atoms with Crippen molar-refractivity contribution in [1.29, 1.82) is 0 Å². The summed E-state index contributed by atoms with van der Waals surface area (Å²) in [7, 11) is 0. The molecule has 1 atom stereocenters. The number of aliphatic hydroxyl groups is 2. The van der Waals surface area contributed by atoms with Gasteiger partial charge in [0.25, 0.3) is 0 Å². The minimum Gasteiger partial charge on any atom is -0.394 e. The quantitative estimate of drug-likeness (QED) is 0.812. The first kappa shape index (κ1) is 12.4. The maximum Gasteiger partial charge on any atom is 0.0942 e. The first-order valence-corrected chi connectivity index (χ1v) is 6.21. The third-order valence-corrected chi connectivity index (χ3v) is 3.30. The van der Waals surface area contributed by atoms with E-state index in [1.165, 1.54) is 0 Å². The van der Waals surface area contributed by atoms with Crippen LogP contribution in [0.4, 0.5) is 5.69 Å². The van der Waals surface area contributed by atoms with Gasteiger partial charge in [0.2, 0.25) is 0 Å². The van der Waals surface area contributed by atoms with E-state index in [2.05, 4.69) is 21.2 Å². The van der Waals surface area contributed by atoms with Crippen LogP contribution in [0.2, 0.25) is 0 Å². The van der Waals surface area contributed by atoms with Crippen molar-refractivity contribution in [2.45, 2.75) is 6.10 Å². The van der Waals surface area contributed by atoms with Crippen molar-refractivity contribution >= 4 is 32.4 Å². The van der Waals surface area contributed by atoms with Gasteiger partial charge in [0.1, 0.15) is 0 Å². The Balaban J connectivity index is 2.32. The second kappa shape index (κ2) is 5.49. The molecule has 0 radical (unpaired) electrons. The summed E-state index contributed by atoms with van der Waals surface area (Å²) < 4.78 is 1.04. The average molecular weight is 296 g/mol. The summed E-state index contributed by atoms with van der Waals surface area (Å²) in [5.74, 6) is 0. The summed E-state index contributed by atoms with van der Waals surface area (Å²) in [5.41, 5.74) is 0.955. The summed E-state index contributed by atoms with van der Waals surface area (Å²) in [4.78, 5) is 0. The monoisotopic (exact) mass is 295 g/mol. The van der Waals surface area contributed by atoms with Gasteiger partial charge in [-0.25, -0.2) is 0 Å². The predicted octanol–water partition coefficient (Wildman–Crippen LogP) is 2.37. The molecule has 4 heteroatoms. The number of hydrogen-bond donors (Lipinski definition) is 3. The fourth-order valence-corrected chi connectivity index (χ4v) is 2.19. The van der Waals surface area contributed by atoms with E-state index in [1.807, 2.05) is 36.4 Å². The molecule has 0 fully saturated rings. The molecule has 0 spiro atoms. The number of rotatable bonds is 4. The van der Waals surface area contributed by atoms with E-state index < -0.39 is 6.10 Å². The third-order valence-electron chi connectivity index (χ3n) is 2.61. The van der Waals surface area contributed by atoms with E-state index in [0.29, 0.717) is 6.54 Å². The smallest absolute Gasteiger partial charge is 0.0942 e. The average Bonchev–Trinajstić information content (AvgIpc) is 2.38. The molecule has 0 bridgehead atoms. The van der Waals surface area contributed by atoms with Crippen LogP contribution in [-0.2, 0) is 0 Å². The van der Waals surface area contributed by atoms with Crippen LogP contribution in [-0.4, -0.2) is 29.5 Å². The normalized spacial score (nSPS) is 12.6. The highest BCUT2D eigenvalue weighted by Crippen LogP contribution is 2.29. The predicted molar refractivity (Wildman–Crippen MR) is 73.2 cm³/mol. The van der Waals surface area contributed by atoms with Crippen molar-refractivity contribution < 1.29 is 10.2 Å². The van der Waals surface area contributed by atoms with Gasteiger partial charge in [0.05, 0.1) is 12.7 Å². The number of benzene rings is 2. The van der Waals surface area contributed by atoms with E-state index in [1.54, 1.807) is 0 Å². The van der Waals surface area contributed by atoms with Crippen LogP contribution >= 0.6 is 15.9 Å². The van der Waals surface area contributed by atoms with E-state index in [9.17, 15) is 5.11 Å². The molecule has 3 nitrogen and oxygen atoms in total. The van der Waals surface area contributed by atoms with Crippen molar-refractivity contribution in [3.63, 3.8) is 0 Å². The van der Waals surface area contributed by atoms with Gasteiger partial charge in [-0.3, -0.25) is 0 Å². The molecule has 0 heterocycles. The van der Waals surface area contributed by atoms with Gasteiger partial charge in [-0.2, -0.15) is 0 Å². The molecule has 90 valence electrons. The molecule has 0 amide bonds. The number of nitrogens with one attached hydrogen (secondary N) is 1. The molecule has 0 aliphatic heterocycles. The highest BCUT2D eigenvalue weighted by Gasteiger charge is 2.05. The van der Waals surface area contributed by atoms with E-state index >= 15 is 0 Å². The maximum atomic E-state index is 9.32. The van der Waals surface area contributed by atoms with E-state index in [0.717, 1.165) is 20.9 Å². The zero-order valence-corrected chi connectivity index (χ0v) is 10.8. The molecule has 0 saturated carbocycles. The Morgan fingerprint density at radius 2 is 1.82 bits per heavy atom. The SMILES string of the molecule is OCC(O)CNc1ccc(Br)c2ccccc12. The summed E-state index contributed by atoms with van der Waals surface area (Å²) in [5, 5.41) is 23.4. The first-order chi connectivity index (χ1) is 8.22. The van der Waals surface area contributed by atoms with Gasteiger partial charge >= 0.3 is 0 Å². The van der Waals surface area contributed by atoms with Gasteiger partial charge < -0.3 is 15.5 Å². The number of fused-ring (bicyclic) bond motifs is 1. The second-order valence-electron chi connectivity index (χ2n) is 3.86. The topological polar surface area (TPSA) is 52.5 Å². The van der Waals surface area contributed by atoms with Crippen LogP contribution in [0.3, 0.4) is 0 Å². The number of anilines is 1. The zero-order chi connectivity index (χ0) is 12.3. The van der Waals surface area contributed by atoms with Gasteiger partial charge in [-0.05, 0) is 17.5 Å². The Bertz CT molecular complexity index is 516. The molecule has 3 N–H and O–H groups in total. The van der Waals surface area contributed by atoms with Crippen LogP contribution in [0, 0.1) is 0 Å². The Kier molecular flexibility index (Phi) is 3.99. The largest absolute Gasteiger partial charge is 0.394 e. The van der Waals surface area contributed by atoms with Crippen molar-refractivity contribution in [2.75, 3.05) is 18.5 Å². The van der Waals surface area contributed by atoms with E-state index in [4.69, 9.17) is 5.11 Å². The number of aliphatic hydroxyl groups excluding tert-OH is 2. The van der Waals surface area contributed by atoms with Gasteiger partial charge in [0, 0.05) is 22.1 Å². The zero-order valence-electron chi connectivity index (χ0n) is 9.23. The number of halogens is 1. The Labute approximate surface area is 108 Å². The minimum atomic E-state index is -0.739. The Morgan fingerprint density at radius 3 is 2.53 bits per heavy atom. The van der Waals surface area contributed by atoms with Gasteiger partial charge in [-0.15, -0.1) is 0 Å². The highest BCUT2D eigenvalue weighted by atomic mass is 79.9. The summed E-state index contributed by atoms with van der Waals surface area (Å²) in [6.45, 7) is 0.101. The summed E-state index contributed by atoms with van der Waals surface area (Å²) in [6.07, 6.45) is -0.739. The lowest BCUT2D eigenvalue weighted by Gasteiger charge is -2.13. The molecule has 2 aromatic rings. The summed E-state index contributed by atoms with van der Waals surface area (Å²) in [6, 6.07) is 11.9. The molecule has 2 rings (SSSR count). The van der Waals surface area contributed by atoms with Crippen LogP contribution in [0.15, 0.2) is 40.9 Å². The minimum absolute atomic E-state index is 0.235. The van der Waals surface area contributed by atoms with Crippen molar-refractivity contribution in [3.8, 4) is 0 Å². The molecule has 0 aliphatic rings. The van der Waals surface area contributed by atoms with Crippen LogP contribution < -0.4 is 5.32 Å². The third kappa shape index (κ3) is 2.77. The standard InChI is InChI=1S/C13H14BrNO2/c14-12-5-6-13(15-7-9(17)8-16)11-4-2-1-3-10(11)12/h1-6,9,15-17H,7-8H2. The highest BCUT2D eigenvalue weighted by molar-refractivity contribution is 9.10. The Morgan fingerprint density at radius 1 is 1.12 bits per heavy atom. The van der Waals surface area contributed by atoms with Crippen molar-refractivity contribution in [1.82, 2.24) is 0 Å². The molecule has 2 aromatic carbocycles. The lowest BCUT2D eigenvalue weighted by molar-refractivity contribution is 0.105. The molecule has 0 saturated heterocycles.